The average molecular weight is 384 g/mol. The lowest BCUT2D eigenvalue weighted by Crippen LogP contribution is -2.35. The van der Waals surface area contributed by atoms with E-state index in [0.717, 1.165) is 11.1 Å². The third kappa shape index (κ3) is 6.61. The van der Waals surface area contributed by atoms with E-state index in [1.807, 2.05) is 48.5 Å². The maximum absolute atomic E-state index is 12.1. The lowest BCUT2D eigenvalue weighted by Gasteiger charge is -2.21. The zero-order valence-electron chi connectivity index (χ0n) is 16.7. The van der Waals surface area contributed by atoms with E-state index < -0.39 is 0 Å². The fourth-order valence-electron chi connectivity index (χ4n) is 2.85. The number of methoxy groups -OCH3 is 2. The van der Waals surface area contributed by atoms with Crippen LogP contribution < -0.4 is 14.8 Å². The van der Waals surface area contributed by atoms with Gasteiger partial charge >= 0.3 is 0 Å². The molecule has 150 valence electrons. The normalized spacial score (nSPS) is 10.2. The van der Waals surface area contributed by atoms with Gasteiger partial charge in [-0.15, -0.1) is 0 Å². The molecule has 28 heavy (non-hydrogen) atoms. The molecule has 0 saturated heterocycles. The minimum atomic E-state index is -0.0683. The van der Waals surface area contributed by atoms with Gasteiger partial charge in [0.25, 0.3) is 0 Å². The van der Waals surface area contributed by atoms with Crippen molar-refractivity contribution in [2.24, 2.45) is 0 Å². The number of nitrogens with one attached hydrogen (secondary N) is 1. The van der Waals surface area contributed by atoms with Gasteiger partial charge in [-0.2, -0.15) is 0 Å². The Bertz CT molecular complexity index is 777. The van der Waals surface area contributed by atoms with Crippen LogP contribution in [0.5, 0.6) is 11.5 Å². The Balaban J connectivity index is 1.82. The van der Waals surface area contributed by atoms with Crippen LogP contribution in [0, 0.1) is 0 Å². The molecule has 2 rings (SSSR count). The average Bonchev–Trinajstić information content (AvgIpc) is 2.72. The van der Waals surface area contributed by atoms with Crippen molar-refractivity contribution in [3.63, 3.8) is 0 Å². The zero-order chi connectivity index (χ0) is 20.4. The zero-order valence-corrected chi connectivity index (χ0v) is 16.7. The van der Waals surface area contributed by atoms with Gasteiger partial charge in [0.2, 0.25) is 11.8 Å². The van der Waals surface area contributed by atoms with Crippen molar-refractivity contribution in [1.29, 1.82) is 0 Å². The number of ether oxygens (including phenoxy) is 2. The van der Waals surface area contributed by atoms with Gasteiger partial charge in [-0.3, -0.25) is 9.59 Å². The Morgan fingerprint density at radius 2 is 1.64 bits per heavy atom. The highest BCUT2D eigenvalue weighted by Gasteiger charge is 2.12. The Kier molecular flexibility index (Phi) is 8.34. The first-order valence-electron chi connectivity index (χ1n) is 9.30. The molecule has 0 fully saturated rings. The van der Waals surface area contributed by atoms with Crippen LogP contribution in [-0.2, 0) is 22.6 Å². The molecule has 0 atom stereocenters. The number of rotatable bonds is 10. The maximum atomic E-state index is 12.1. The van der Waals surface area contributed by atoms with E-state index in [0.29, 0.717) is 37.6 Å². The molecule has 0 unspecified atom stereocenters. The summed E-state index contributed by atoms with van der Waals surface area (Å²) >= 11 is 0. The molecule has 6 heteroatoms. The minimum absolute atomic E-state index is 0.0451. The summed E-state index contributed by atoms with van der Waals surface area (Å²) in [5.41, 5.74) is 2.09. The first-order valence-corrected chi connectivity index (χ1v) is 9.30. The number of hydrogen-bond donors (Lipinski definition) is 1. The quantitative estimate of drug-likeness (QED) is 0.684. The minimum Gasteiger partial charge on any atom is -0.493 e. The Labute approximate surface area is 166 Å². The van der Waals surface area contributed by atoms with E-state index in [1.54, 1.807) is 19.1 Å². The van der Waals surface area contributed by atoms with Crippen LogP contribution in [0.2, 0.25) is 0 Å². The lowest BCUT2D eigenvalue weighted by atomic mass is 10.1. The van der Waals surface area contributed by atoms with Crippen molar-refractivity contribution < 1.29 is 19.1 Å². The second-order valence-corrected chi connectivity index (χ2v) is 6.46. The monoisotopic (exact) mass is 384 g/mol. The number of nitrogens with zero attached hydrogens (tertiary/aromatic N) is 1. The molecule has 0 heterocycles. The molecule has 0 aliphatic heterocycles. The van der Waals surface area contributed by atoms with Gasteiger partial charge in [-0.1, -0.05) is 36.4 Å². The third-order valence-corrected chi connectivity index (χ3v) is 4.50. The van der Waals surface area contributed by atoms with Gasteiger partial charge in [-0.05, 0) is 29.7 Å². The van der Waals surface area contributed by atoms with E-state index in [-0.39, 0.29) is 18.2 Å². The standard InChI is InChI=1S/C22H28N2O4/c1-17(25)24(13-11-18-9-10-20(27-2)21(15-18)28-3)14-12-22(26)23-16-19-7-5-4-6-8-19/h4-10,15H,11-14,16H2,1-3H3,(H,23,26). The highest BCUT2D eigenvalue weighted by atomic mass is 16.5. The van der Waals surface area contributed by atoms with Gasteiger partial charge in [0, 0.05) is 33.0 Å². The van der Waals surface area contributed by atoms with Crippen LogP contribution >= 0.6 is 0 Å². The summed E-state index contributed by atoms with van der Waals surface area (Å²) in [5, 5.41) is 2.89. The van der Waals surface area contributed by atoms with Crippen molar-refractivity contribution in [2.75, 3.05) is 27.3 Å². The van der Waals surface area contributed by atoms with Gasteiger partial charge < -0.3 is 19.7 Å². The van der Waals surface area contributed by atoms with Gasteiger partial charge in [-0.25, -0.2) is 0 Å². The fourth-order valence-corrected chi connectivity index (χ4v) is 2.85. The molecule has 0 aliphatic rings. The molecule has 0 saturated carbocycles. The van der Waals surface area contributed by atoms with Crippen LogP contribution in [0.4, 0.5) is 0 Å². The SMILES string of the molecule is COc1ccc(CCN(CCC(=O)NCc2ccccc2)C(C)=O)cc1OC. The molecule has 0 spiro atoms. The second kappa shape index (κ2) is 11.0. The highest BCUT2D eigenvalue weighted by Crippen LogP contribution is 2.27. The number of carbonyl (C=O) groups is 2. The molecule has 2 amide bonds. The van der Waals surface area contributed by atoms with Crippen LogP contribution in [0.1, 0.15) is 24.5 Å². The summed E-state index contributed by atoms with van der Waals surface area (Å²) in [6.07, 6.45) is 0.948. The van der Waals surface area contributed by atoms with E-state index in [4.69, 9.17) is 9.47 Å². The first-order chi connectivity index (χ1) is 13.5. The van der Waals surface area contributed by atoms with Crippen LogP contribution in [0.25, 0.3) is 0 Å². The predicted molar refractivity (Wildman–Crippen MR) is 108 cm³/mol. The van der Waals surface area contributed by atoms with Crippen LogP contribution in [0.15, 0.2) is 48.5 Å². The second-order valence-electron chi connectivity index (χ2n) is 6.46. The maximum Gasteiger partial charge on any atom is 0.222 e. The third-order valence-electron chi connectivity index (χ3n) is 4.50. The molecule has 0 radical (unpaired) electrons. The molecule has 0 aromatic heterocycles. The summed E-state index contributed by atoms with van der Waals surface area (Å²) in [6, 6.07) is 15.4. The van der Waals surface area contributed by atoms with Gasteiger partial charge in [0.1, 0.15) is 0 Å². The highest BCUT2D eigenvalue weighted by molar-refractivity contribution is 5.78. The molecule has 2 aromatic rings. The summed E-state index contributed by atoms with van der Waals surface area (Å²) in [7, 11) is 3.19. The Morgan fingerprint density at radius 3 is 2.29 bits per heavy atom. The smallest absolute Gasteiger partial charge is 0.222 e. The van der Waals surface area contributed by atoms with E-state index >= 15 is 0 Å². The molecular weight excluding hydrogens is 356 g/mol. The molecule has 6 nitrogen and oxygen atoms in total. The van der Waals surface area contributed by atoms with Crippen LogP contribution in [-0.4, -0.2) is 44.0 Å². The van der Waals surface area contributed by atoms with Gasteiger partial charge in [0.15, 0.2) is 11.5 Å². The van der Waals surface area contributed by atoms with E-state index in [1.165, 1.54) is 6.92 Å². The summed E-state index contributed by atoms with van der Waals surface area (Å²) < 4.78 is 10.6. The van der Waals surface area contributed by atoms with E-state index in [2.05, 4.69) is 5.32 Å². The van der Waals surface area contributed by atoms with Gasteiger partial charge in [0.05, 0.1) is 14.2 Å². The summed E-state index contributed by atoms with van der Waals surface area (Å²) in [4.78, 5) is 25.7. The van der Waals surface area contributed by atoms with E-state index in [9.17, 15) is 9.59 Å². The number of hydrogen-bond acceptors (Lipinski definition) is 4. The summed E-state index contributed by atoms with van der Waals surface area (Å²) in [5.74, 6) is 1.22. The van der Waals surface area contributed by atoms with Crippen molar-refractivity contribution in [3.8, 4) is 11.5 Å². The lowest BCUT2D eigenvalue weighted by molar-refractivity contribution is -0.129. The Morgan fingerprint density at radius 1 is 0.929 bits per heavy atom. The molecule has 1 N–H and O–H groups in total. The topological polar surface area (TPSA) is 67.9 Å². The van der Waals surface area contributed by atoms with Crippen molar-refractivity contribution >= 4 is 11.8 Å². The first kappa shape index (κ1) is 21.3. The van der Waals surface area contributed by atoms with Crippen molar-refractivity contribution in [2.45, 2.75) is 26.3 Å². The molecule has 0 bridgehead atoms. The number of carbonyl (C=O) groups excluding carboxylic acids is 2. The number of amides is 2. The largest absolute Gasteiger partial charge is 0.493 e. The van der Waals surface area contributed by atoms with Crippen molar-refractivity contribution in [3.05, 3.63) is 59.7 Å². The summed E-state index contributed by atoms with van der Waals surface area (Å²) in [6.45, 7) is 2.95. The molecule has 2 aromatic carbocycles. The van der Waals surface area contributed by atoms with Crippen LogP contribution in [0.3, 0.4) is 0 Å². The Hall–Kier alpha value is -3.02. The molecule has 0 aliphatic carbocycles. The fraction of sp³-hybridized carbons (Fsp3) is 0.364. The number of benzene rings is 2. The predicted octanol–water partition coefficient (Wildman–Crippen LogP) is 2.80. The molecular formula is C22H28N2O4. The van der Waals surface area contributed by atoms with Crippen molar-refractivity contribution in [1.82, 2.24) is 10.2 Å².